The average molecular weight is 428 g/mol. The molecule has 0 aromatic heterocycles. The third kappa shape index (κ3) is 5.43. The van der Waals surface area contributed by atoms with Gasteiger partial charge in [-0.1, -0.05) is 12.1 Å². The van der Waals surface area contributed by atoms with Crippen molar-refractivity contribution in [1.29, 1.82) is 0 Å². The Bertz CT molecular complexity index is 947. The maximum atomic E-state index is 13.7. The van der Waals surface area contributed by atoms with Crippen LogP contribution in [0.5, 0.6) is 0 Å². The van der Waals surface area contributed by atoms with E-state index in [-0.39, 0.29) is 34.9 Å². The van der Waals surface area contributed by atoms with Gasteiger partial charge in [-0.2, -0.15) is 0 Å². The van der Waals surface area contributed by atoms with E-state index in [1.165, 1.54) is 18.2 Å². The van der Waals surface area contributed by atoms with E-state index in [9.17, 15) is 17.6 Å². The van der Waals surface area contributed by atoms with E-state index in [0.29, 0.717) is 11.1 Å². The van der Waals surface area contributed by atoms with Gasteiger partial charge in [0.15, 0.2) is 0 Å². The highest BCUT2D eigenvalue weighted by molar-refractivity contribution is 7.92. The van der Waals surface area contributed by atoms with Gasteiger partial charge in [0.05, 0.1) is 4.90 Å². The van der Waals surface area contributed by atoms with Crippen LogP contribution in [0.3, 0.4) is 0 Å². The van der Waals surface area contributed by atoms with Crippen LogP contribution in [0.1, 0.15) is 28.8 Å². The minimum Gasteiger partial charge on any atom is -0.349 e. The van der Waals surface area contributed by atoms with Crippen molar-refractivity contribution in [1.82, 2.24) is 10.6 Å². The Morgan fingerprint density at radius 3 is 2.54 bits per heavy atom. The molecule has 1 amide bonds. The van der Waals surface area contributed by atoms with Gasteiger partial charge in [-0.25, -0.2) is 12.8 Å². The first-order chi connectivity index (χ1) is 12.8. The third-order valence-corrected chi connectivity index (χ3v) is 5.88. The Morgan fingerprint density at radius 2 is 1.86 bits per heavy atom. The van der Waals surface area contributed by atoms with Gasteiger partial charge in [0, 0.05) is 17.3 Å². The lowest BCUT2D eigenvalue weighted by Crippen LogP contribution is -2.42. The first-order valence-electron chi connectivity index (χ1n) is 8.76. The van der Waals surface area contributed by atoms with Crippen LogP contribution in [-0.4, -0.2) is 33.5 Å². The molecule has 0 atom stereocenters. The second-order valence-electron chi connectivity index (χ2n) is 6.60. The number of benzene rings is 2. The molecule has 3 rings (SSSR count). The van der Waals surface area contributed by atoms with Crippen LogP contribution in [0, 0.1) is 12.7 Å². The largest absolute Gasteiger partial charge is 0.349 e. The van der Waals surface area contributed by atoms with Gasteiger partial charge in [-0.05, 0) is 68.8 Å². The fraction of sp³-hybridized carbons (Fsp3) is 0.316. The molecule has 1 aliphatic heterocycles. The van der Waals surface area contributed by atoms with Crippen molar-refractivity contribution in [3.05, 3.63) is 59.4 Å². The van der Waals surface area contributed by atoms with Crippen molar-refractivity contribution in [2.45, 2.75) is 30.7 Å². The topological polar surface area (TPSA) is 87.3 Å². The highest BCUT2D eigenvalue weighted by Gasteiger charge is 2.19. The number of rotatable bonds is 5. The molecule has 28 heavy (non-hydrogen) atoms. The van der Waals surface area contributed by atoms with Gasteiger partial charge in [-0.15, -0.1) is 12.4 Å². The van der Waals surface area contributed by atoms with Crippen LogP contribution in [0.2, 0.25) is 0 Å². The van der Waals surface area contributed by atoms with E-state index in [4.69, 9.17) is 0 Å². The van der Waals surface area contributed by atoms with Crippen LogP contribution < -0.4 is 15.4 Å². The van der Waals surface area contributed by atoms with Gasteiger partial charge in [0.25, 0.3) is 15.9 Å². The molecule has 0 aliphatic carbocycles. The zero-order valence-corrected chi connectivity index (χ0v) is 17.0. The zero-order valence-electron chi connectivity index (χ0n) is 15.4. The number of amides is 1. The van der Waals surface area contributed by atoms with E-state index in [1.807, 2.05) is 0 Å². The molecule has 0 spiro atoms. The fourth-order valence-corrected chi connectivity index (χ4v) is 3.97. The molecule has 2 aromatic carbocycles. The zero-order chi connectivity index (χ0) is 19.4. The monoisotopic (exact) mass is 427 g/mol. The van der Waals surface area contributed by atoms with Crippen LogP contribution in [-0.2, 0) is 10.0 Å². The van der Waals surface area contributed by atoms with Crippen molar-refractivity contribution in [2.24, 2.45) is 0 Å². The summed E-state index contributed by atoms with van der Waals surface area (Å²) < 4.78 is 41.0. The first-order valence-corrected chi connectivity index (χ1v) is 10.2. The molecular formula is C19H23ClFN3O3S. The van der Waals surface area contributed by atoms with Crippen molar-refractivity contribution >= 4 is 34.0 Å². The fourth-order valence-electron chi connectivity index (χ4n) is 2.91. The Labute approximate surface area is 170 Å². The first kappa shape index (κ1) is 22.1. The molecule has 0 bridgehead atoms. The lowest BCUT2D eigenvalue weighted by molar-refractivity contribution is 0.0929. The summed E-state index contributed by atoms with van der Waals surface area (Å²) in [4.78, 5) is 12.3. The molecule has 6 nitrogen and oxygen atoms in total. The van der Waals surface area contributed by atoms with Crippen molar-refractivity contribution in [3.63, 3.8) is 0 Å². The minimum absolute atomic E-state index is 0. The van der Waals surface area contributed by atoms with Crippen molar-refractivity contribution < 1.29 is 17.6 Å². The predicted octanol–water partition coefficient (Wildman–Crippen LogP) is 2.84. The molecule has 1 fully saturated rings. The normalized spacial score (nSPS) is 14.8. The Kier molecular flexibility index (Phi) is 7.40. The van der Waals surface area contributed by atoms with E-state index in [2.05, 4.69) is 15.4 Å². The standard InChI is InChI=1S/C19H22FN3O3S.ClH/c1-13-5-6-17(12-18(13)20)27(25,26)23-16-4-2-3-14(11-16)19(24)22-15-7-9-21-10-8-15;/h2-6,11-12,15,21,23H,7-10H2,1H3,(H,22,24);1H. The molecule has 152 valence electrons. The molecule has 1 heterocycles. The summed E-state index contributed by atoms with van der Waals surface area (Å²) in [5.74, 6) is -0.836. The number of carbonyl (C=O) groups excluding carboxylic acids is 1. The number of sulfonamides is 1. The van der Waals surface area contributed by atoms with Crippen LogP contribution in [0.4, 0.5) is 10.1 Å². The molecule has 0 radical (unpaired) electrons. The smallest absolute Gasteiger partial charge is 0.261 e. The second-order valence-corrected chi connectivity index (χ2v) is 8.28. The average Bonchev–Trinajstić information content (AvgIpc) is 2.64. The molecule has 2 aromatic rings. The number of hydrogen-bond acceptors (Lipinski definition) is 4. The minimum atomic E-state index is -3.95. The summed E-state index contributed by atoms with van der Waals surface area (Å²) in [7, 11) is -3.95. The summed E-state index contributed by atoms with van der Waals surface area (Å²) in [6.07, 6.45) is 1.72. The molecule has 9 heteroatoms. The Balaban J connectivity index is 0.00000280. The molecule has 1 saturated heterocycles. The highest BCUT2D eigenvalue weighted by atomic mass is 35.5. The van der Waals surface area contributed by atoms with Crippen LogP contribution >= 0.6 is 12.4 Å². The van der Waals surface area contributed by atoms with Crippen LogP contribution in [0.25, 0.3) is 0 Å². The van der Waals surface area contributed by atoms with Crippen molar-refractivity contribution in [3.8, 4) is 0 Å². The van der Waals surface area contributed by atoms with Gasteiger partial charge >= 0.3 is 0 Å². The second kappa shape index (κ2) is 9.36. The Morgan fingerprint density at radius 1 is 1.14 bits per heavy atom. The van der Waals surface area contributed by atoms with E-state index in [1.54, 1.807) is 25.1 Å². The van der Waals surface area contributed by atoms with E-state index >= 15 is 0 Å². The number of hydrogen-bond donors (Lipinski definition) is 3. The number of piperidine rings is 1. The maximum Gasteiger partial charge on any atom is 0.261 e. The summed E-state index contributed by atoms with van der Waals surface area (Å²) in [6, 6.07) is 10.1. The van der Waals surface area contributed by atoms with Gasteiger partial charge in [0.1, 0.15) is 5.82 Å². The molecular weight excluding hydrogens is 405 g/mol. The summed E-state index contributed by atoms with van der Waals surface area (Å²) >= 11 is 0. The predicted molar refractivity (Wildman–Crippen MR) is 109 cm³/mol. The number of aryl methyl sites for hydroxylation is 1. The number of nitrogens with one attached hydrogen (secondary N) is 3. The number of halogens is 2. The van der Waals surface area contributed by atoms with Gasteiger partial charge in [-0.3, -0.25) is 9.52 Å². The summed E-state index contributed by atoms with van der Waals surface area (Å²) in [6.45, 7) is 3.28. The number of anilines is 1. The van der Waals surface area contributed by atoms with Crippen LogP contribution in [0.15, 0.2) is 47.4 Å². The third-order valence-electron chi connectivity index (χ3n) is 4.50. The van der Waals surface area contributed by atoms with E-state index < -0.39 is 15.8 Å². The van der Waals surface area contributed by atoms with E-state index in [0.717, 1.165) is 32.0 Å². The molecule has 0 unspecified atom stereocenters. The summed E-state index contributed by atoms with van der Waals surface area (Å²) in [5, 5.41) is 6.20. The SMILES string of the molecule is Cc1ccc(S(=O)(=O)Nc2cccc(C(=O)NC3CCNCC3)c2)cc1F.Cl. The molecule has 0 saturated carbocycles. The molecule has 3 N–H and O–H groups in total. The molecule has 1 aliphatic rings. The lowest BCUT2D eigenvalue weighted by atomic mass is 10.1. The highest BCUT2D eigenvalue weighted by Crippen LogP contribution is 2.19. The Hall–Kier alpha value is -2.16. The summed E-state index contributed by atoms with van der Waals surface area (Å²) in [5.41, 5.74) is 0.975. The van der Waals surface area contributed by atoms with Gasteiger partial charge in [0.2, 0.25) is 0 Å². The quantitative estimate of drug-likeness (QED) is 0.684. The van der Waals surface area contributed by atoms with Crippen molar-refractivity contribution in [2.75, 3.05) is 17.8 Å². The number of carbonyl (C=O) groups is 1. The lowest BCUT2D eigenvalue weighted by Gasteiger charge is -2.23. The maximum absolute atomic E-state index is 13.7. The van der Waals surface area contributed by atoms with Gasteiger partial charge < -0.3 is 10.6 Å².